The van der Waals surface area contributed by atoms with Gasteiger partial charge in [-0.1, -0.05) is 23.4 Å². The number of anilines is 1. The zero-order chi connectivity index (χ0) is 15.0. The van der Waals surface area contributed by atoms with Crippen LogP contribution in [0.2, 0.25) is 5.02 Å². The summed E-state index contributed by atoms with van der Waals surface area (Å²) in [6.45, 7) is 0. The molecule has 6 heteroatoms. The van der Waals surface area contributed by atoms with E-state index in [-0.39, 0.29) is 22.2 Å². The number of hydrogen-bond donors (Lipinski definition) is 2. The minimum atomic E-state index is -4.91. The molecular formula is C14H13ClF3NO. The Bertz CT molecular complexity index is 572. The highest BCUT2D eigenvalue weighted by Crippen LogP contribution is 2.43. The molecule has 1 aliphatic carbocycles. The Morgan fingerprint density at radius 3 is 2.50 bits per heavy atom. The van der Waals surface area contributed by atoms with E-state index in [0.29, 0.717) is 0 Å². The number of aliphatic hydroxyl groups is 1. The van der Waals surface area contributed by atoms with Gasteiger partial charge in [0.1, 0.15) is 0 Å². The Labute approximate surface area is 119 Å². The van der Waals surface area contributed by atoms with E-state index >= 15 is 0 Å². The average Bonchev–Trinajstić information content (AvgIpc) is 3.18. The summed E-state index contributed by atoms with van der Waals surface area (Å²) in [6, 6.07) is 3.91. The summed E-state index contributed by atoms with van der Waals surface area (Å²) in [5.74, 6) is 4.43. The van der Waals surface area contributed by atoms with E-state index in [1.807, 2.05) is 5.92 Å². The summed E-state index contributed by atoms with van der Waals surface area (Å²) < 4.78 is 39.9. The van der Waals surface area contributed by atoms with Gasteiger partial charge < -0.3 is 10.4 Å². The lowest BCUT2D eigenvalue weighted by atomic mass is 9.91. The molecule has 0 bridgehead atoms. The van der Waals surface area contributed by atoms with Crippen LogP contribution in [0, 0.1) is 17.8 Å². The molecule has 0 spiro atoms. The Kier molecular flexibility index (Phi) is 3.90. The number of rotatable bonds is 2. The summed E-state index contributed by atoms with van der Waals surface area (Å²) in [7, 11) is 1.47. The standard InChI is InChI=1S/C14H13ClF3NO/c1-19-12-5-4-10(15)8-11(12)13(20,14(16,17)18)7-6-9-2-3-9/h4-5,8-9,19-20H,2-3H2,1H3. The Hall–Kier alpha value is -1.38. The van der Waals surface area contributed by atoms with Crippen LogP contribution in [0.25, 0.3) is 0 Å². The van der Waals surface area contributed by atoms with Gasteiger partial charge in [-0.15, -0.1) is 0 Å². The molecule has 1 atom stereocenters. The molecule has 2 rings (SSSR count). The van der Waals surface area contributed by atoms with Gasteiger partial charge >= 0.3 is 6.18 Å². The SMILES string of the molecule is CNc1ccc(Cl)cc1C(O)(C#CC1CC1)C(F)(F)F. The maximum absolute atomic E-state index is 13.3. The van der Waals surface area contributed by atoms with Gasteiger partial charge in [0.15, 0.2) is 0 Å². The first kappa shape index (κ1) is 15.0. The van der Waals surface area contributed by atoms with Crippen LogP contribution in [-0.4, -0.2) is 18.3 Å². The van der Waals surface area contributed by atoms with Crippen LogP contribution in [0.3, 0.4) is 0 Å². The van der Waals surface area contributed by atoms with Crippen LogP contribution in [0.4, 0.5) is 18.9 Å². The van der Waals surface area contributed by atoms with Gasteiger partial charge in [-0.3, -0.25) is 0 Å². The molecule has 2 N–H and O–H groups in total. The van der Waals surface area contributed by atoms with Crippen LogP contribution in [0.5, 0.6) is 0 Å². The van der Waals surface area contributed by atoms with Crippen LogP contribution < -0.4 is 5.32 Å². The Balaban J connectivity index is 2.57. The summed E-state index contributed by atoms with van der Waals surface area (Å²) in [4.78, 5) is 0. The lowest BCUT2D eigenvalue weighted by Gasteiger charge is -2.27. The second kappa shape index (κ2) is 5.19. The van der Waals surface area contributed by atoms with E-state index in [1.54, 1.807) is 0 Å². The first-order chi connectivity index (χ1) is 9.28. The monoisotopic (exact) mass is 303 g/mol. The minimum absolute atomic E-state index is 0.0545. The molecule has 20 heavy (non-hydrogen) atoms. The number of nitrogens with one attached hydrogen (secondary N) is 1. The van der Waals surface area contributed by atoms with Gasteiger partial charge in [-0.2, -0.15) is 13.2 Å². The molecule has 0 heterocycles. The molecule has 1 aliphatic rings. The highest BCUT2D eigenvalue weighted by molar-refractivity contribution is 6.30. The fourth-order valence-corrected chi connectivity index (χ4v) is 1.93. The number of halogens is 4. The molecule has 0 aromatic heterocycles. The summed E-state index contributed by atoms with van der Waals surface area (Å²) in [5, 5.41) is 12.9. The van der Waals surface area contributed by atoms with Crippen molar-refractivity contribution in [3.8, 4) is 11.8 Å². The lowest BCUT2D eigenvalue weighted by molar-refractivity contribution is -0.240. The van der Waals surface area contributed by atoms with Gasteiger partial charge in [-0.05, 0) is 31.0 Å². The van der Waals surface area contributed by atoms with E-state index in [9.17, 15) is 18.3 Å². The molecule has 0 amide bonds. The largest absolute Gasteiger partial charge is 0.433 e. The van der Waals surface area contributed by atoms with Crippen molar-refractivity contribution >= 4 is 17.3 Å². The highest BCUT2D eigenvalue weighted by atomic mass is 35.5. The van der Waals surface area contributed by atoms with Crippen molar-refractivity contribution in [2.75, 3.05) is 12.4 Å². The van der Waals surface area contributed by atoms with E-state index in [2.05, 4.69) is 11.2 Å². The van der Waals surface area contributed by atoms with E-state index in [4.69, 9.17) is 11.6 Å². The number of benzene rings is 1. The molecule has 1 unspecified atom stereocenters. The van der Waals surface area contributed by atoms with Gasteiger partial charge in [-0.25, -0.2) is 0 Å². The van der Waals surface area contributed by atoms with Crippen molar-refractivity contribution in [3.05, 3.63) is 28.8 Å². The first-order valence-corrected chi connectivity index (χ1v) is 6.45. The van der Waals surface area contributed by atoms with Crippen molar-refractivity contribution in [2.24, 2.45) is 5.92 Å². The van der Waals surface area contributed by atoms with E-state index in [1.165, 1.54) is 19.2 Å². The van der Waals surface area contributed by atoms with E-state index < -0.39 is 11.8 Å². The number of hydrogen-bond acceptors (Lipinski definition) is 2. The molecule has 2 nitrogen and oxygen atoms in total. The van der Waals surface area contributed by atoms with Crippen molar-refractivity contribution in [1.29, 1.82) is 0 Å². The topological polar surface area (TPSA) is 32.3 Å². The predicted molar refractivity (Wildman–Crippen MR) is 71.5 cm³/mol. The smallest absolute Gasteiger partial charge is 0.388 e. The third-order valence-corrected chi connectivity index (χ3v) is 3.32. The minimum Gasteiger partial charge on any atom is -0.388 e. The average molecular weight is 304 g/mol. The van der Waals surface area contributed by atoms with Gasteiger partial charge in [0.2, 0.25) is 5.60 Å². The highest BCUT2D eigenvalue weighted by Gasteiger charge is 2.55. The van der Waals surface area contributed by atoms with Gasteiger partial charge in [0, 0.05) is 29.2 Å². The van der Waals surface area contributed by atoms with Crippen molar-refractivity contribution < 1.29 is 18.3 Å². The predicted octanol–water partition coefficient (Wildman–Crippen LogP) is 3.55. The van der Waals surface area contributed by atoms with Crippen molar-refractivity contribution in [3.63, 3.8) is 0 Å². The molecule has 1 aromatic rings. The summed E-state index contributed by atoms with van der Waals surface area (Å²) in [6.07, 6.45) is -3.37. The first-order valence-electron chi connectivity index (χ1n) is 6.07. The maximum atomic E-state index is 13.3. The fraction of sp³-hybridized carbons (Fsp3) is 0.429. The second-order valence-corrected chi connectivity index (χ2v) is 5.13. The molecule has 1 fully saturated rings. The van der Waals surface area contributed by atoms with Crippen LogP contribution in [-0.2, 0) is 5.60 Å². The third kappa shape index (κ3) is 2.87. The second-order valence-electron chi connectivity index (χ2n) is 4.69. The number of alkyl halides is 3. The molecule has 0 saturated heterocycles. The Morgan fingerprint density at radius 1 is 1.35 bits per heavy atom. The molecule has 1 aromatic carbocycles. The normalized spacial score (nSPS) is 17.9. The Morgan fingerprint density at radius 2 is 2.00 bits per heavy atom. The fourth-order valence-electron chi connectivity index (χ4n) is 1.76. The van der Waals surface area contributed by atoms with Crippen LogP contribution in [0.15, 0.2) is 18.2 Å². The van der Waals surface area contributed by atoms with Gasteiger partial charge in [0.25, 0.3) is 0 Å². The third-order valence-electron chi connectivity index (χ3n) is 3.09. The van der Waals surface area contributed by atoms with Crippen molar-refractivity contribution in [2.45, 2.75) is 24.6 Å². The molecule has 0 aliphatic heterocycles. The van der Waals surface area contributed by atoms with Crippen LogP contribution >= 0.6 is 11.6 Å². The van der Waals surface area contributed by atoms with Gasteiger partial charge in [0.05, 0.1) is 0 Å². The summed E-state index contributed by atoms with van der Waals surface area (Å²) >= 11 is 5.75. The zero-order valence-corrected chi connectivity index (χ0v) is 11.4. The molecular weight excluding hydrogens is 291 g/mol. The summed E-state index contributed by atoms with van der Waals surface area (Å²) in [5.41, 5.74) is -3.47. The maximum Gasteiger partial charge on any atom is 0.433 e. The quantitative estimate of drug-likeness (QED) is 0.819. The lowest BCUT2D eigenvalue weighted by Crippen LogP contribution is -2.41. The molecule has 108 valence electrons. The van der Waals surface area contributed by atoms with E-state index in [0.717, 1.165) is 18.9 Å². The molecule has 1 saturated carbocycles. The van der Waals surface area contributed by atoms with Crippen molar-refractivity contribution in [1.82, 2.24) is 0 Å². The zero-order valence-electron chi connectivity index (χ0n) is 10.7. The molecule has 0 radical (unpaired) electrons. The van der Waals surface area contributed by atoms with Crippen LogP contribution in [0.1, 0.15) is 18.4 Å².